The lowest BCUT2D eigenvalue weighted by molar-refractivity contribution is 0.303. The van der Waals surface area contributed by atoms with Gasteiger partial charge in [0, 0.05) is 17.1 Å². The van der Waals surface area contributed by atoms with E-state index < -0.39 is 0 Å². The molecule has 3 heteroatoms. The van der Waals surface area contributed by atoms with Crippen molar-refractivity contribution < 1.29 is 4.74 Å². The van der Waals surface area contributed by atoms with Crippen molar-refractivity contribution in [3.63, 3.8) is 0 Å². The Kier molecular flexibility index (Phi) is 4.27. The number of fused-ring (bicyclic) bond motifs is 1. The van der Waals surface area contributed by atoms with Crippen molar-refractivity contribution in [3.8, 4) is 5.75 Å². The number of rotatable bonds is 6. The molecule has 1 aliphatic rings. The maximum Gasteiger partial charge on any atom is 0.120 e. The van der Waals surface area contributed by atoms with Gasteiger partial charge in [-0.3, -0.25) is 0 Å². The fraction of sp³-hybridized carbons (Fsp3) is 0.412. The summed E-state index contributed by atoms with van der Waals surface area (Å²) in [4.78, 5) is 0. The highest BCUT2D eigenvalue weighted by Crippen LogP contribution is 2.32. The van der Waals surface area contributed by atoms with E-state index in [4.69, 9.17) is 4.74 Å². The molecule has 1 atom stereocenters. The van der Waals surface area contributed by atoms with Crippen LogP contribution in [0.4, 0.5) is 0 Å². The Morgan fingerprint density at radius 3 is 2.75 bits per heavy atom. The second-order valence-electron chi connectivity index (χ2n) is 5.58. The molecule has 0 aliphatic heterocycles. The fourth-order valence-corrected chi connectivity index (χ4v) is 2.88. The summed E-state index contributed by atoms with van der Waals surface area (Å²) in [7, 11) is 0. The summed E-state index contributed by atoms with van der Waals surface area (Å²) in [6.07, 6.45) is 2.77. The van der Waals surface area contributed by atoms with Crippen molar-refractivity contribution in [2.75, 3.05) is 13.2 Å². The molecule has 0 amide bonds. The Balaban J connectivity index is 1.53. The fourth-order valence-electron chi connectivity index (χ4n) is 2.50. The molecule has 2 aromatic carbocycles. The average molecular weight is 334 g/mol. The lowest BCUT2D eigenvalue weighted by atomic mass is 10.1. The first-order valence-corrected chi connectivity index (χ1v) is 8.07. The Morgan fingerprint density at radius 2 is 1.95 bits per heavy atom. The van der Waals surface area contributed by atoms with E-state index in [0.29, 0.717) is 6.04 Å². The average Bonchev–Trinajstić information content (AvgIpc) is 3.28. The quantitative estimate of drug-likeness (QED) is 0.792. The molecule has 2 aromatic rings. The lowest BCUT2D eigenvalue weighted by Gasteiger charge is -2.13. The first kappa shape index (κ1) is 13.9. The molecule has 0 heterocycles. The van der Waals surface area contributed by atoms with Gasteiger partial charge in [-0.25, -0.2) is 0 Å². The molecule has 0 radical (unpaired) electrons. The Bertz CT molecular complexity index is 595. The zero-order valence-electron chi connectivity index (χ0n) is 11.7. The molecule has 2 nitrogen and oxygen atoms in total. The number of ether oxygens (including phenoxy) is 1. The first-order valence-electron chi connectivity index (χ1n) is 7.28. The third-order valence-corrected chi connectivity index (χ3v) is 4.43. The van der Waals surface area contributed by atoms with Gasteiger partial charge < -0.3 is 10.1 Å². The van der Waals surface area contributed by atoms with Gasteiger partial charge in [0.25, 0.3) is 0 Å². The Hall–Kier alpha value is -1.06. The van der Waals surface area contributed by atoms with Crippen molar-refractivity contribution in [2.45, 2.75) is 25.8 Å². The maximum absolute atomic E-state index is 5.82. The van der Waals surface area contributed by atoms with E-state index in [1.807, 2.05) is 6.07 Å². The van der Waals surface area contributed by atoms with E-state index in [1.165, 1.54) is 23.6 Å². The van der Waals surface area contributed by atoms with Gasteiger partial charge in [0.15, 0.2) is 0 Å². The molecule has 106 valence electrons. The number of hydrogen-bond acceptors (Lipinski definition) is 2. The topological polar surface area (TPSA) is 21.3 Å². The van der Waals surface area contributed by atoms with Crippen LogP contribution in [0.5, 0.6) is 5.75 Å². The summed E-state index contributed by atoms with van der Waals surface area (Å²) in [6, 6.07) is 13.2. The summed E-state index contributed by atoms with van der Waals surface area (Å²) in [5.74, 6) is 1.84. The van der Waals surface area contributed by atoms with Crippen molar-refractivity contribution in [2.24, 2.45) is 5.92 Å². The van der Waals surface area contributed by atoms with Crippen molar-refractivity contribution >= 4 is 26.7 Å². The second-order valence-corrected chi connectivity index (χ2v) is 6.50. The van der Waals surface area contributed by atoms with Gasteiger partial charge >= 0.3 is 0 Å². The molecule has 1 saturated carbocycles. The molecular weight excluding hydrogens is 314 g/mol. The lowest BCUT2D eigenvalue weighted by Crippen LogP contribution is -2.31. The minimum atomic E-state index is 0.632. The minimum Gasteiger partial charge on any atom is -0.492 e. The van der Waals surface area contributed by atoms with Crippen LogP contribution in [0.2, 0.25) is 0 Å². The van der Waals surface area contributed by atoms with E-state index in [9.17, 15) is 0 Å². The van der Waals surface area contributed by atoms with Gasteiger partial charge in [-0.05, 0) is 60.7 Å². The van der Waals surface area contributed by atoms with Crippen LogP contribution in [-0.4, -0.2) is 19.2 Å². The van der Waals surface area contributed by atoms with Crippen LogP contribution >= 0.6 is 15.9 Å². The molecule has 1 fully saturated rings. The van der Waals surface area contributed by atoms with Gasteiger partial charge in [-0.1, -0.05) is 28.1 Å². The monoisotopic (exact) mass is 333 g/mol. The SMILES string of the molecule is CC(NCCOc1ccc2cc(Br)ccc2c1)C1CC1. The second kappa shape index (κ2) is 6.15. The highest BCUT2D eigenvalue weighted by atomic mass is 79.9. The van der Waals surface area contributed by atoms with Crippen LogP contribution in [0.1, 0.15) is 19.8 Å². The molecule has 0 aromatic heterocycles. The van der Waals surface area contributed by atoms with Crippen LogP contribution in [0.3, 0.4) is 0 Å². The molecule has 0 saturated heterocycles. The third kappa shape index (κ3) is 3.53. The van der Waals surface area contributed by atoms with Crippen molar-refractivity contribution in [1.29, 1.82) is 0 Å². The minimum absolute atomic E-state index is 0.632. The molecule has 1 N–H and O–H groups in total. The smallest absolute Gasteiger partial charge is 0.120 e. The Morgan fingerprint density at radius 1 is 1.20 bits per heavy atom. The molecular formula is C17H20BrNO. The summed E-state index contributed by atoms with van der Waals surface area (Å²) < 4.78 is 6.93. The van der Waals surface area contributed by atoms with Crippen LogP contribution < -0.4 is 10.1 Å². The number of nitrogens with one attached hydrogen (secondary N) is 1. The van der Waals surface area contributed by atoms with Crippen LogP contribution in [0, 0.1) is 5.92 Å². The zero-order valence-corrected chi connectivity index (χ0v) is 13.3. The standard InChI is InChI=1S/C17H20BrNO/c1-12(13-2-3-13)19-8-9-20-17-7-5-14-10-16(18)6-4-15(14)11-17/h4-7,10-13,19H,2-3,8-9H2,1H3. The van der Waals surface area contributed by atoms with Gasteiger partial charge in [-0.15, -0.1) is 0 Å². The first-order chi connectivity index (χ1) is 9.72. The molecule has 1 unspecified atom stereocenters. The van der Waals surface area contributed by atoms with Crippen molar-refractivity contribution in [3.05, 3.63) is 40.9 Å². The summed E-state index contributed by atoms with van der Waals surface area (Å²) in [5.41, 5.74) is 0. The molecule has 1 aliphatic carbocycles. The number of halogens is 1. The highest BCUT2D eigenvalue weighted by Gasteiger charge is 2.27. The predicted molar refractivity (Wildman–Crippen MR) is 87.3 cm³/mol. The van der Waals surface area contributed by atoms with Gasteiger partial charge in [0.2, 0.25) is 0 Å². The van der Waals surface area contributed by atoms with Gasteiger partial charge in [0.05, 0.1) is 0 Å². The van der Waals surface area contributed by atoms with Crippen LogP contribution in [-0.2, 0) is 0 Å². The van der Waals surface area contributed by atoms with Gasteiger partial charge in [-0.2, -0.15) is 0 Å². The molecule has 0 spiro atoms. The zero-order chi connectivity index (χ0) is 13.9. The van der Waals surface area contributed by atoms with E-state index in [-0.39, 0.29) is 0 Å². The number of hydrogen-bond donors (Lipinski definition) is 1. The molecule has 20 heavy (non-hydrogen) atoms. The summed E-state index contributed by atoms with van der Waals surface area (Å²) in [5, 5.41) is 5.97. The normalized spacial score (nSPS) is 16.3. The predicted octanol–water partition coefficient (Wildman–Crippen LogP) is 4.37. The van der Waals surface area contributed by atoms with E-state index in [0.717, 1.165) is 29.3 Å². The Labute approximate surface area is 128 Å². The summed E-state index contributed by atoms with van der Waals surface area (Å²) >= 11 is 3.49. The van der Waals surface area contributed by atoms with Gasteiger partial charge in [0.1, 0.15) is 12.4 Å². The summed E-state index contributed by atoms with van der Waals surface area (Å²) in [6.45, 7) is 3.90. The third-order valence-electron chi connectivity index (χ3n) is 3.94. The van der Waals surface area contributed by atoms with Crippen LogP contribution in [0.15, 0.2) is 40.9 Å². The molecule has 3 rings (SSSR count). The van der Waals surface area contributed by atoms with Crippen molar-refractivity contribution in [1.82, 2.24) is 5.32 Å². The van der Waals surface area contributed by atoms with E-state index in [2.05, 4.69) is 58.5 Å². The van der Waals surface area contributed by atoms with Crippen LogP contribution in [0.25, 0.3) is 10.8 Å². The highest BCUT2D eigenvalue weighted by molar-refractivity contribution is 9.10. The largest absolute Gasteiger partial charge is 0.492 e. The maximum atomic E-state index is 5.82. The van der Waals surface area contributed by atoms with E-state index in [1.54, 1.807) is 0 Å². The number of benzene rings is 2. The van der Waals surface area contributed by atoms with E-state index >= 15 is 0 Å². The molecule has 0 bridgehead atoms.